The lowest BCUT2D eigenvalue weighted by Crippen LogP contribution is -2.32. The summed E-state index contributed by atoms with van der Waals surface area (Å²) in [6.45, 7) is 0.935. The maximum absolute atomic E-state index is 11.9. The number of hydrogen-bond donors (Lipinski definition) is 1. The van der Waals surface area contributed by atoms with Crippen molar-refractivity contribution >= 4 is 15.9 Å². The van der Waals surface area contributed by atoms with Crippen molar-refractivity contribution in [3.05, 3.63) is 41.7 Å². The number of carbonyl (C=O) groups is 1. The van der Waals surface area contributed by atoms with Crippen LogP contribution in [0.1, 0.15) is 5.56 Å². The highest BCUT2D eigenvalue weighted by Gasteiger charge is 2.25. The van der Waals surface area contributed by atoms with Gasteiger partial charge in [-0.25, -0.2) is 8.42 Å². The number of carbonyl (C=O) groups excluding carboxylic acids is 1. The predicted molar refractivity (Wildman–Crippen MR) is 75.5 cm³/mol. The van der Waals surface area contributed by atoms with E-state index in [0.717, 1.165) is 18.2 Å². The van der Waals surface area contributed by atoms with Gasteiger partial charge in [0.2, 0.25) is 15.9 Å². The molecule has 1 aliphatic heterocycles. The normalized spacial score (nSPS) is 15.9. The Labute approximate surface area is 118 Å². The van der Waals surface area contributed by atoms with E-state index in [1.807, 2.05) is 12.1 Å². The maximum Gasteiger partial charge on any atom is 0.248 e. The third-order valence-corrected chi connectivity index (χ3v) is 4.31. The number of nitrogens with one attached hydrogen (secondary N) is 1. The second-order valence-corrected chi connectivity index (χ2v) is 6.63. The topological polar surface area (TPSA) is 79.4 Å². The van der Waals surface area contributed by atoms with Crippen LogP contribution in [0.3, 0.4) is 0 Å². The van der Waals surface area contributed by atoms with Gasteiger partial charge in [-0.2, -0.15) is 4.31 Å². The molecule has 108 valence electrons. The molecule has 0 unspecified atom stereocenters. The largest absolute Gasteiger partial charge is 0.352 e. The first-order valence-corrected chi connectivity index (χ1v) is 8.13. The first-order valence-electron chi connectivity index (χ1n) is 6.28. The quantitative estimate of drug-likeness (QED) is 0.825. The SMILES string of the molecule is CS(=O)(=O)N1CC=C(C(=O)NCCc2ccncc2)C1. The van der Waals surface area contributed by atoms with Crippen LogP contribution in [0, 0.1) is 0 Å². The van der Waals surface area contributed by atoms with Crippen LogP contribution in [0.15, 0.2) is 36.2 Å². The van der Waals surface area contributed by atoms with Gasteiger partial charge >= 0.3 is 0 Å². The fourth-order valence-electron chi connectivity index (χ4n) is 1.93. The molecule has 1 amide bonds. The highest BCUT2D eigenvalue weighted by Crippen LogP contribution is 2.12. The minimum Gasteiger partial charge on any atom is -0.352 e. The molecule has 0 fully saturated rings. The highest BCUT2D eigenvalue weighted by atomic mass is 32.2. The number of hydrogen-bond acceptors (Lipinski definition) is 4. The van der Waals surface area contributed by atoms with Crippen LogP contribution < -0.4 is 5.32 Å². The highest BCUT2D eigenvalue weighted by molar-refractivity contribution is 7.88. The molecule has 1 N–H and O–H groups in total. The molecule has 0 aliphatic carbocycles. The van der Waals surface area contributed by atoms with Gasteiger partial charge < -0.3 is 5.32 Å². The van der Waals surface area contributed by atoms with Gasteiger partial charge in [0.15, 0.2) is 0 Å². The van der Waals surface area contributed by atoms with Crippen molar-refractivity contribution in [3.8, 4) is 0 Å². The van der Waals surface area contributed by atoms with Gasteiger partial charge in [0.25, 0.3) is 0 Å². The summed E-state index contributed by atoms with van der Waals surface area (Å²) in [6.07, 6.45) is 6.94. The maximum atomic E-state index is 11.9. The Kier molecular flexibility index (Phi) is 4.51. The van der Waals surface area contributed by atoms with E-state index in [-0.39, 0.29) is 19.0 Å². The van der Waals surface area contributed by atoms with E-state index in [0.29, 0.717) is 12.1 Å². The molecule has 0 bridgehead atoms. The van der Waals surface area contributed by atoms with E-state index in [9.17, 15) is 13.2 Å². The number of pyridine rings is 1. The fourth-order valence-corrected chi connectivity index (χ4v) is 2.65. The number of sulfonamides is 1. The summed E-state index contributed by atoms with van der Waals surface area (Å²) in [5.41, 5.74) is 1.60. The second kappa shape index (κ2) is 6.15. The average molecular weight is 295 g/mol. The van der Waals surface area contributed by atoms with E-state index >= 15 is 0 Å². The zero-order valence-corrected chi connectivity index (χ0v) is 12.1. The molecule has 0 atom stereocenters. The standard InChI is InChI=1S/C13H17N3O3S/c1-20(18,19)16-9-5-12(10-16)13(17)15-8-4-11-2-6-14-7-3-11/h2-3,5-7H,4,8-10H2,1H3,(H,15,17). The molecule has 1 aromatic heterocycles. The summed E-state index contributed by atoms with van der Waals surface area (Å²) >= 11 is 0. The Balaban J connectivity index is 1.79. The molecule has 0 aromatic carbocycles. The Morgan fingerprint density at radius 1 is 1.40 bits per heavy atom. The van der Waals surface area contributed by atoms with Crippen LogP contribution in [0.5, 0.6) is 0 Å². The molecule has 7 heteroatoms. The summed E-state index contributed by atoms with van der Waals surface area (Å²) in [4.78, 5) is 15.8. The van der Waals surface area contributed by atoms with Crippen molar-refractivity contribution < 1.29 is 13.2 Å². The van der Waals surface area contributed by atoms with Crippen LogP contribution in [0.25, 0.3) is 0 Å². The van der Waals surface area contributed by atoms with E-state index in [1.165, 1.54) is 4.31 Å². The minimum absolute atomic E-state index is 0.153. The molecule has 0 spiro atoms. The van der Waals surface area contributed by atoms with Gasteiger partial charge in [0, 0.05) is 37.6 Å². The molecule has 20 heavy (non-hydrogen) atoms. The molecule has 0 saturated heterocycles. The Bertz CT molecular complexity index is 611. The van der Waals surface area contributed by atoms with Crippen molar-refractivity contribution in [1.82, 2.24) is 14.6 Å². The molecule has 1 aliphatic rings. The van der Waals surface area contributed by atoms with Gasteiger partial charge in [-0.1, -0.05) is 6.08 Å². The Morgan fingerprint density at radius 3 is 2.70 bits per heavy atom. The van der Waals surface area contributed by atoms with Gasteiger partial charge in [-0.3, -0.25) is 9.78 Å². The minimum atomic E-state index is -3.24. The van der Waals surface area contributed by atoms with Crippen molar-refractivity contribution in [2.45, 2.75) is 6.42 Å². The van der Waals surface area contributed by atoms with Crippen LogP contribution in [-0.4, -0.2) is 49.5 Å². The zero-order valence-electron chi connectivity index (χ0n) is 11.2. The summed E-state index contributed by atoms with van der Waals surface area (Å²) in [5.74, 6) is -0.204. The first kappa shape index (κ1) is 14.7. The Morgan fingerprint density at radius 2 is 2.10 bits per heavy atom. The average Bonchev–Trinajstić information content (AvgIpc) is 2.89. The number of aromatic nitrogens is 1. The lowest BCUT2D eigenvalue weighted by atomic mass is 10.2. The first-order chi connectivity index (χ1) is 9.47. The number of amides is 1. The van der Waals surface area contributed by atoms with Crippen molar-refractivity contribution in [3.63, 3.8) is 0 Å². The summed E-state index contributed by atoms with van der Waals surface area (Å²) in [6, 6.07) is 3.79. The molecular weight excluding hydrogens is 278 g/mol. The van der Waals surface area contributed by atoms with Gasteiger partial charge in [-0.15, -0.1) is 0 Å². The molecule has 1 aromatic rings. The van der Waals surface area contributed by atoms with Crippen LogP contribution in [0.2, 0.25) is 0 Å². The molecular formula is C13H17N3O3S. The van der Waals surface area contributed by atoms with Crippen molar-refractivity contribution in [1.29, 1.82) is 0 Å². The van der Waals surface area contributed by atoms with Crippen LogP contribution >= 0.6 is 0 Å². The van der Waals surface area contributed by atoms with Crippen LogP contribution in [0.4, 0.5) is 0 Å². The second-order valence-electron chi connectivity index (χ2n) is 4.65. The number of rotatable bonds is 5. The van der Waals surface area contributed by atoms with E-state index in [2.05, 4.69) is 10.3 Å². The van der Waals surface area contributed by atoms with E-state index in [4.69, 9.17) is 0 Å². The van der Waals surface area contributed by atoms with Gasteiger partial charge in [-0.05, 0) is 24.1 Å². The van der Waals surface area contributed by atoms with Crippen molar-refractivity contribution in [2.24, 2.45) is 0 Å². The molecule has 0 radical (unpaired) electrons. The molecule has 6 nitrogen and oxygen atoms in total. The lowest BCUT2D eigenvalue weighted by Gasteiger charge is -2.12. The third-order valence-electron chi connectivity index (χ3n) is 3.10. The fraction of sp³-hybridized carbons (Fsp3) is 0.385. The third kappa shape index (κ3) is 3.88. The van der Waals surface area contributed by atoms with E-state index in [1.54, 1.807) is 18.5 Å². The monoisotopic (exact) mass is 295 g/mol. The molecule has 2 rings (SSSR count). The van der Waals surface area contributed by atoms with Gasteiger partial charge in [0.05, 0.1) is 6.26 Å². The van der Waals surface area contributed by atoms with Crippen LogP contribution in [-0.2, 0) is 21.2 Å². The Hall–Kier alpha value is -1.73. The molecule has 2 heterocycles. The molecule has 0 saturated carbocycles. The summed E-state index contributed by atoms with van der Waals surface area (Å²) in [5, 5.41) is 2.80. The predicted octanol–water partition coefficient (Wildman–Crippen LogP) is -0.0581. The van der Waals surface area contributed by atoms with Crippen molar-refractivity contribution in [2.75, 3.05) is 25.9 Å². The summed E-state index contributed by atoms with van der Waals surface area (Å²) < 4.78 is 24.0. The van der Waals surface area contributed by atoms with Gasteiger partial charge in [0.1, 0.15) is 0 Å². The zero-order chi connectivity index (χ0) is 14.6. The summed E-state index contributed by atoms with van der Waals surface area (Å²) in [7, 11) is -3.24. The number of nitrogens with zero attached hydrogens (tertiary/aromatic N) is 2. The van der Waals surface area contributed by atoms with E-state index < -0.39 is 10.0 Å². The smallest absolute Gasteiger partial charge is 0.248 e. The lowest BCUT2D eigenvalue weighted by molar-refractivity contribution is -0.117.